The zero-order chi connectivity index (χ0) is 18.3. The van der Waals surface area contributed by atoms with Gasteiger partial charge in [0, 0.05) is 30.1 Å². The van der Waals surface area contributed by atoms with Crippen LogP contribution in [-0.4, -0.2) is 29.1 Å². The van der Waals surface area contributed by atoms with E-state index in [-0.39, 0.29) is 11.3 Å². The Morgan fingerprint density at radius 1 is 1.00 bits per heavy atom. The molecule has 4 heteroatoms. The van der Waals surface area contributed by atoms with E-state index in [1.807, 2.05) is 35.2 Å². The lowest BCUT2D eigenvalue weighted by Gasteiger charge is -2.39. The van der Waals surface area contributed by atoms with Crippen LogP contribution in [0.3, 0.4) is 0 Å². The fraction of sp³-hybridized carbons (Fsp3) is 0.217. The van der Waals surface area contributed by atoms with Crippen LogP contribution in [0.5, 0.6) is 0 Å². The van der Waals surface area contributed by atoms with E-state index in [2.05, 4.69) is 41.6 Å². The minimum absolute atomic E-state index is 0.0500. The second-order valence-corrected chi connectivity index (χ2v) is 7.31. The number of allylic oxidation sites excluding steroid dienone is 1. The number of hydrogen-bond acceptors (Lipinski definition) is 3. The lowest BCUT2D eigenvalue weighted by Crippen LogP contribution is -2.44. The zero-order valence-electron chi connectivity index (χ0n) is 15.0. The summed E-state index contributed by atoms with van der Waals surface area (Å²) < 4.78 is 5.39. The summed E-state index contributed by atoms with van der Waals surface area (Å²) >= 11 is 0. The Kier molecular flexibility index (Phi) is 3.71. The predicted molar refractivity (Wildman–Crippen MR) is 104 cm³/mol. The Labute approximate surface area is 158 Å². The summed E-state index contributed by atoms with van der Waals surface area (Å²) in [6.07, 6.45) is 6.42. The average Bonchev–Trinajstić information content (AvgIpc) is 3.36. The molecule has 1 aromatic heterocycles. The van der Waals surface area contributed by atoms with Crippen molar-refractivity contribution in [3.05, 3.63) is 83.6 Å². The summed E-state index contributed by atoms with van der Waals surface area (Å²) in [6, 6.07) is 20.0. The third kappa shape index (κ3) is 2.69. The highest BCUT2D eigenvalue weighted by atomic mass is 16.5. The Morgan fingerprint density at radius 3 is 2.56 bits per heavy atom. The van der Waals surface area contributed by atoms with Crippen LogP contribution in [0.25, 0.3) is 17.4 Å². The van der Waals surface area contributed by atoms with Crippen LogP contribution in [0.4, 0.5) is 0 Å². The highest BCUT2D eigenvalue weighted by Crippen LogP contribution is 2.43. The molecule has 1 saturated heterocycles. The molecule has 1 spiro atoms. The normalized spacial score (nSPS) is 17.3. The molecule has 0 radical (unpaired) electrons. The number of benzene rings is 2. The van der Waals surface area contributed by atoms with Gasteiger partial charge < -0.3 is 9.42 Å². The summed E-state index contributed by atoms with van der Waals surface area (Å²) in [7, 11) is 0. The molecular formula is C23H20N2O2. The van der Waals surface area contributed by atoms with Crippen LogP contribution in [0.15, 0.2) is 71.3 Å². The summed E-state index contributed by atoms with van der Waals surface area (Å²) in [6.45, 7) is 1.45. The second kappa shape index (κ2) is 6.23. The van der Waals surface area contributed by atoms with Gasteiger partial charge >= 0.3 is 0 Å². The summed E-state index contributed by atoms with van der Waals surface area (Å²) in [4.78, 5) is 14.8. The molecule has 1 fully saturated rings. The maximum absolute atomic E-state index is 12.9. The van der Waals surface area contributed by atoms with Gasteiger partial charge in [-0.25, -0.2) is 0 Å². The van der Waals surface area contributed by atoms with E-state index in [0.717, 1.165) is 31.5 Å². The maximum atomic E-state index is 12.9. The van der Waals surface area contributed by atoms with E-state index in [1.54, 1.807) is 6.07 Å². The van der Waals surface area contributed by atoms with E-state index in [0.29, 0.717) is 11.5 Å². The molecule has 4 nitrogen and oxygen atoms in total. The molecule has 2 aromatic carbocycles. The fourth-order valence-corrected chi connectivity index (χ4v) is 4.26. The fourth-order valence-electron chi connectivity index (χ4n) is 4.26. The molecule has 1 aliphatic carbocycles. The molecule has 1 aliphatic heterocycles. The SMILES string of the molecule is O=C(c1cc(-c2ccccc2)on1)N1CCC2(C=Cc3ccccc32)CC1. The Balaban J connectivity index is 1.31. The van der Waals surface area contributed by atoms with Crippen LogP contribution in [0, 0.1) is 0 Å². The molecule has 0 saturated carbocycles. The third-order valence-corrected chi connectivity index (χ3v) is 5.81. The average molecular weight is 356 g/mol. The second-order valence-electron chi connectivity index (χ2n) is 7.31. The number of carbonyl (C=O) groups excluding carboxylic acids is 1. The first-order chi connectivity index (χ1) is 13.3. The molecule has 2 aliphatic rings. The number of fused-ring (bicyclic) bond motifs is 2. The minimum Gasteiger partial charge on any atom is -0.355 e. The highest BCUT2D eigenvalue weighted by molar-refractivity contribution is 5.93. The molecule has 27 heavy (non-hydrogen) atoms. The van der Waals surface area contributed by atoms with Gasteiger partial charge in [-0.3, -0.25) is 4.79 Å². The largest absolute Gasteiger partial charge is 0.355 e. The van der Waals surface area contributed by atoms with Gasteiger partial charge in [0.15, 0.2) is 11.5 Å². The molecule has 5 rings (SSSR count). The van der Waals surface area contributed by atoms with Crippen molar-refractivity contribution in [2.75, 3.05) is 13.1 Å². The quantitative estimate of drug-likeness (QED) is 0.677. The summed E-state index contributed by atoms with van der Waals surface area (Å²) in [5.74, 6) is 0.575. The van der Waals surface area contributed by atoms with Crippen molar-refractivity contribution in [3.8, 4) is 11.3 Å². The van der Waals surface area contributed by atoms with Gasteiger partial charge in [-0.1, -0.05) is 71.9 Å². The number of hydrogen-bond donors (Lipinski definition) is 0. The van der Waals surface area contributed by atoms with Crippen LogP contribution in [0.1, 0.15) is 34.5 Å². The topological polar surface area (TPSA) is 46.3 Å². The smallest absolute Gasteiger partial charge is 0.276 e. The highest BCUT2D eigenvalue weighted by Gasteiger charge is 2.39. The Morgan fingerprint density at radius 2 is 1.74 bits per heavy atom. The predicted octanol–water partition coefficient (Wildman–Crippen LogP) is 4.54. The minimum atomic E-state index is -0.0500. The van der Waals surface area contributed by atoms with Crippen molar-refractivity contribution in [3.63, 3.8) is 0 Å². The maximum Gasteiger partial charge on any atom is 0.276 e. The van der Waals surface area contributed by atoms with Gasteiger partial charge in [0.1, 0.15) is 0 Å². The third-order valence-electron chi connectivity index (χ3n) is 5.81. The van der Waals surface area contributed by atoms with E-state index < -0.39 is 0 Å². The molecule has 2 heterocycles. The van der Waals surface area contributed by atoms with Crippen LogP contribution >= 0.6 is 0 Å². The standard InChI is InChI=1S/C23H20N2O2/c26-22(20-16-21(27-24-20)18-7-2-1-3-8-18)25-14-12-23(13-15-25)11-10-17-6-4-5-9-19(17)23/h1-11,16H,12-15H2. The van der Waals surface area contributed by atoms with Crippen molar-refractivity contribution < 1.29 is 9.32 Å². The van der Waals surface area contributed by atoms with Crippen molar-refractivity contribution in [1.82, 2.24) is 10.1 Å². The first-order valence-electron chi connectivity index (χ1n) is 9.35. The Hall–Kier alpha value is -3.14. The van der Waals surface area contributed by atoms with E-state index >= 15 is 0 Å². The van der Waals surface area contributed by atoms with Gasteiger partial charge in [0.25, 0.3) is 5.91 Å². The van der Waals surface area contributed by atoms with Crippen LogP contribution in [-0.2, 0) is 5.41 Å². The molecule has 1 amide bonds. The molecule has 0 atom stereocenters. The van der Waals surface area contributed by atoms with Gasteiger partial charge in [-0.15, -0.1) is 0 Å². The molecule has 134 valence electrons. The number of piperidine rings is 1. The van der Waals surface area contributed by atoms with Gasteiger partial charge in [0.2, 0.25) is 0 Å². The Bertz CT molecular complexity index is 1010. The van der Waals surface area contributed by atoms with Crippen molar-refractivity contribution in [2.45, 2.75) is 18.3 Å². The van der Waals surface area contributed by atoms with Crippen LogP contribution < -0.4 is 0 Å². The van der Waals surface area contributed by atoms with E-state index in [1.165, 1.54) is 11.1 Å². The number of nitrogens with zero attached hydrogens (tertiary/aromatic N) is 2. The number of rotatable bonds is 2. The van der Waals surface area contributed by atoms with Crippen LogP contribution in [0.2, 0.25) is 0 Å². The van der Waals surface area contributed by atoms with Gasteiger partial charge in [-0.2, -0.15) is 0 Å². The lowest BCUT2D eigenvalue weighted by atomic mass is 9.74. The molecule has 0 unspecified atom stereocenters. The van der Waals surface area contributed by atoms with Crippen molar-refractivity contribution in [2.24, 2.45) is 0 Å². The van der Waals surface area contributed by atoms with Crippen molar-refractivity contribution >= 4 is 12.0 Å². The van der Waals surface area contributed by atoms with E-state index in [4.69, 9.17) is 4.52 Å². The molecule has 0 bridgehead atoms. The van der Waals surface area contributed by atoms with E-state index in [9.17, 15) is 4.79 Å². The number of likely N-dealkylation sites (tertiary alicyclic amines) is 1. The first kappa shape index (κ1) is 16.1. The zero-order valence-corrected chi connectivity index (χ0v) is 15.0. The summed E-state index contributed by atoms with van der Waals surface area (Å²) in [5.41, 5.74) is 4.08. The summed E-state index contributed by atoms with van der Waals surface area (Å²) in [5, 5.41) is 4.01. The molecule has 0 N–H and O–H groups in total. The number of aromatic nitrogens is 1. The number of carbonyl (C=O) groups is 1. The lowest BCUT2D eigenvalue weighted by molar-refractivity contribution is 0.0680. The van der Waals surface area contributed by atoms with Gasteiger partial charge in [-0.05, 0) is 24.0 Å². The van der Waals surface area contributed by atoms with Crippen molar-refractivity contribution in [1.29, 1.82) is 0 Å². The number of amides is 1. The van der Waals surface area contributed by atoms with Gasteiger partial charge in [0.05, 0.1) is 0 Å². The monoisotopic (exact) mass is 356 g/mol. The molecule has 3 aromatic rings. The first-order valence-corrected chi connectivity index (χ1v) is 9.35. The molecular weight excluding hydrogens is 336 g/mol.